The van der Waals surface area contributed by atoms with Crippen LogP contribution in [0, 0.1) is 0 Å². The first-order valence-corrected chi connectivity index (χ1v) is 11.5. The molecule has 5 nitrogen and oxygen atoms in total. The molecule has 32 heavy (non-hydrogen) atoms. The van der Waals surface area contributed by atoms with E-state index in [0.717, 1.165) is 24.7 Å². The molecule has 4 rings (SSSR count). The number of rotatable bonds is 7. The highest BCUT2D eigenvalue weighted by Gasteiger charge is 2.10. The van der Waals surface area contributed by atoms with E-state index in [1.54, 1.807) is 0 Å². The van der Waals surface area contributed by atoms with Crippen molar-refractivity contribution in [2.24, 2.45) is 4.99 Å². The predicted molar refractivity (Wildman–Crippen MR) is 144 cm³/mol. The van der Waals surface area contributed by atoms with Crippen molar-refractivity contribution < 1.29 is 0 Å². The van der Waals surface area contributed by atoms with Crippen LogP contribution in [-0.4, -0.2) is 35.5 Å². The number of halogens is 1. The first-order chi connectivity index (χ1) is 15.3. The van der Waals surface area contributed by atoms with Crippen LogP contribution < -0.4 is 10.6 Å². The van der Waals surface area contributed by atoms with E-state index in [2.05, 4.69) is 76.0 Å². The number of likely N-dealkylation sites (tertiary alicyclic amines) is 1. The second kappa shape index (κ2) is 12.7. The predicted octanol–water partition coefficient (Wildman–Crippen LogP) is 5.09. The van der Waals surface area contributed by atoms with E-state index < -0.39 is 0 Å². The lowest BCUT2D eigenvalue weighted by atomic mass is 10.1. The van der Waals surface area contributed by atoms with Crippen LogP contribution in [0.2, 0.25) is 0 Å². The maximum atomic E-state index is 4.78. The van der Waals surface area contributed by atoms with Crippen molar-refractivity contribution in [3.8, 4) is 0 Å². The molecule has 2 aromatic carbocycles. The molecule has 2 N–H and O–H groups in total. The Morgan fingerprint density at radius 2 is 1.69 bits per heavy atom. The minimum Gasteiger partial charge on any atom is -0.357 e. The Kier molecular flexibility index (Phi) is 9.74. The number of fused-ring (bicyclic) bond motifs is 1. The summed E-state index contributed by atoms with van der Waals surface area (Å²) in [6.07, 6.45) is 5.92. The van der Waals surface area contributed by atoms with Gasteiger partial charge in [-0.15, -0.1) is 24.0 Å². The van der Waals surface area contributed by atoms with Crippen LogP contribution in [0.5, 0.6) is 0 Å². The number of guanidine groups is 1. The molecular weight excluding hydrogens is 509 g/mol. The van der Waals surface area contributed by atoms with Crippen molar-refractivity contribution in [2.75, 3.05) is 19.6 Å². The van der Waals surface area contributed by atoms with Gasteiger partial charge < -0.3 is 10.6 Å². The monoisotopic (exact) mass is 543 g/mol. The zero-order valence-electron chi connectivity index (χ0n) is 18.9. The average Bonchev–Trinajstić information content (AvgIpc) is 2.82. The van der Waals surface area contributed by atoms with Crippen molar-refractivity contribution in [1.29, 1.82) is 0 Å². The van der Waals surface area contributed by atoms with Crippen molar-refractivity contribution in [2.45, 2.75) is 45.8 Å². The van der Waals surface area contributed by atoms with Crippen LogP contribution in [0.25, 0.3) is 10.8 Å². The third-order valence-electron chi connectivity index (χ3n) is 5.82. The number of aromatic nitrogens is 1. The summed E-state index contributed by atoms with van der Waals surface area (Å²) in [5.74, 6) is 0.814. The topological polar surface area (TPSA) is 52.6 Å². The summed E-state index contributed by atoms with van der Waals surface area (Å²) in [5.41, 5.74) is 3.65. The highest BCUT2D eigenvalue weighted by molar-refractivity contribution is 14.0. The van der Waals surface area contributed by atoms with Crippen LogP contribution in [-0.2, 0) is 19.6 Å². The van der Waals surface area contributed by atoms with Crippen LogP contribution >= 0.6 is 24.0 Å². The molecule has 1 aromatic heterocycles. The normalized spacial score (nSPS) is 14.7. The van der Waals surface area contributed by atoms with E-state index in [9.17, 15) is 0 Å². The van der Waals surface area contributed by atoms with Gasteiger partial charge in [-0.05, 0) is 55.4 Å². The fourth-order valence-corrected chi connectivity index (χ4v) is 4.13. The van der Waals surface area contributed by atoms with Crippen LogP contribution in [0.1, 0.15) is 43.0 Å². The Morgan fingerprint density at radius 1 is 0.938 bits per heavy atom. The van der Waals surface area contributed by atoms with Gasteiger partial charge in [0, 0.05) is 24.7 Å². The summed E-state index contributed by atoms with van der Waals surface area (Å²) in [7, 11) is 0. The van der Waals surface area contributed by atoms with Gasteiger partial charge in [-0.1, -0.05) is 55.0 Å². The summed E-state index contributed by atoms with van der Waals surface area (Å²) in [5, 5.41) is 9.16. The van der Waals surface area contributed by atoms with Crippen LogP contribution in [0.15, 0.2) is 65.8 Å². The minimum absolute atomic E-state index is 0. The molecule has 1 aliphatic heterocycles. The number of nitrogens with zero attached hydrogens (tertiary/aromatic N) is 3. The zero-order valence-corrected chi connectivity index (χ0v) is 21.2. The van der Waals surface area contributed by atoms with Crippen LogP contribution in [0.4, 0.5) is 0 Å². The maximum absolute atomic E-state index is 4.78. The smallest absolute Gasteiger partial charge is 0.191 e. The molecule has 0 bridgehead atoms. The molecule has 0 spiro atoms. The summed E-state index contributed by atoms with van der Waals surface area (Å²) >= 11 is 0. The number of hydrogen-bond acceptors (Lipinski definition) is 3. The number of benzene rings is 2. The third-order valence-corrected chi connectivity index (χ3v) is 5.82. The highest BCUT2D eigenvalue weighted by Crippen LogP contribution is 2.16. The number of nitrogens with one attached hydrogen (secondary N) is 2. The second-order valence-electron chi connectivity index (χ2n) is 8.18. The zero-order chi connectivity index (χ0) is 21.3. The number of hydrogen-bond donors (Lipinski definition) is 2. The van der Waals surface area contributed by atoms with E-state index in [1.807, 2.05) is 12.3 Å². The molecule has 0 radical (unpaired) electrons. The molecule has 0 aliphatic carbocycles. The molecular formula is C26H34IN5. The van der Waals surface area contributed by atoms with E-state index in [-0.39, 0.29) is 24.0 Å². The highest BCUT2D eigenvalue weighted by atomic mass is 127. The van der Waals surface area contributed by atoms with Gasteiger partial charge in [-0.3, -0.25) is 9.88 Å². The number of pyridine rings is 1. The summed E-state index contributed by atoms with van der Waals surface area (Å²) in [4.78, 5) is 11.9. The molecule has 1 aliphatic rings. The van der Waals surface area contributed by atoms with E-state index in [1.165, 1.54) is 54.3 Å². The standard InChI is InChI=1S/C26H33N5.HI/c1-2-27-26(30-19-25-24-9-5-4-8-23(24)14-15-28-25)29-18-21-10-12-22(13-11-21)20-31-16-6-3-7-17-31;/h4-5,8-15H,2-3,6-7,16-20H2,1H3,(H2,27,29,30);1H. The van der Waals surface area contributed by atoms with Crippen LogP contribution in [0.3, 0.4) is 0 Å². The molecule has 3 aromatic rings. The Bertz CT molecular complexity index is 991. The van der Waals surface area contributed by atoms with Crippen molar-refractivity contribution in [3.05, 3.63) is 77.6 Å². The largest absolute Gasteiger partial charge is 0.357 e. The van der Waals surface area contributed by atoms with Crippen molar-refractivity contribution >= 4 is 40.7 Å². The van der Waals surface area contributed by atoms with Gasteiger partial charge in [0.05, 0.1) is 18.8 Å². The average molecular weight is 543 g/mol. The minimum atomic E-state index is 0. The molecule has 0 atom stereocenters. The Labute approximate surface area is 208 Å². The molecule has 6 heteroatoms. The van der Waals surface area contributed by atoms with Gasteiger partial charge in [0.2, 0.25) is 0 Å². The second-order valence-corrected chi connectivity index (χ2v) is 8.18. The lowest BCUT2D eigenvalue weighted by Gasteiger charge is -2.26. The Hall–Kier alpha value is -2.19. The van der Waals surface area contributed by atoms with Crippen molar-refractivity contribution in [1.82, 2.24) is 20.5 Å². The first kappa shape index (κ1) is 24.5. The lowest BCUT2D eigenvalue weighted by molar-refractivity contribution is 0.221. The molecule has 2 heterocycles. The fraction of sp³-hybridized carbons (Fsp3) is 0.385. The van der Waals surface area contributed by atoms with Crippen molar-refractivity contribution in [3.63, 3.8) is 0 Å². The van der Waals surface area contributed by atoms with E-state index >= 15 is 0 Å². The van der Waals surface area contributed by atoms with Gasteiger partial charge in [0.1, 0.15) is 0 Å². The molecule has 1 fully saturated rings. The quantitative estimate of drug-likeness (QED) is 0.248. The number of aliphatic imine (C=N–C) groups is 1. The summed E-state index contributed by atoms with van der Waals surface area (Å²) < 4.78 is 0. The lowest BCUT2D eigenvalue weighted by Crippen LogP contribution is -2.37. The Morgan fingerprint density at radius 3 is 2.47 bits per heavy atom. The molecule has 170 valence electrons. The van der Waals surface area contributed by atoms with Gasteiger partial charge in [0.15, 0.2) is 5.96 Å². The van der Waals surface area contributed by atoms with Gasteiger partial charge >= 0.3 is 0 Å². The van der Waals surface area contributed by atoms with Gasteiger partial charge in [-0.25, -0.2) is 4.99 Å². The van der Waals surface area contributed by atoms with E-state index in [0.29, 0.717) is 13.1 Å². The fourth-order valence-electron chi connectivity index (χ4n) is 4.13. The molecule has 0 amide bonds. The summed E-state index contributed by atoms with van der Waals surface area (Å²) in [6, 6.07) is 19.3. The van der Waals surface area contributed by atoms with Gasteiger partial charge in [-0.2, -0.15) is 0 Å². The molecule has 0 unspecified atom stereocenters. The SMILES string of the molecule is CCNC(=NCc1ccc(CN2CCCCC2)cc1)NCc1nccc2ccccc12.I. The first-order valence-electron chi connectivity index (χ1n) is 11.5. The maximum Gasteiger partial charge on any atom is 0.191 e. The summed E-state index contributed by atoms with van der Waals surface area (Å²) in [6.45, 7) is 7.73. The van der Waals surface area contributed by atoms with Gasteiger partial charge in [0.25, 0.3) is 0 Å². The Balaban J connectivity index is 0.00000289. The molecule has 0 saturated carbocycles. The number of piperidine rings is 1. The van der Waals surface area contributed by atoms with E-state index in [4.69, 9.17) is 4.99 Å². The molecule has 1 saturated heterocycles. The third kappa shape index (κ3) is 6.90.